The Balaban J connectivity index is 1.46. The van der Waals surface area contributed by atoms with Crippen LogP contribution in [-0.2, 0) is 15.0 Å². The van der Waals surface area contributed by atoms with Crippen molar-refractivity contribution in [3.05, 3.63) is 59.9 Å². The molecule has 3 atom stereocenters. The van der Waals surface area contributed by atoms with Gasteiger partial charge < -0.3 is 14.4 Å². The minimum Gasteiger partial charge on any atom is -0.489 e. The zero-order valence-electron chi connectivity index (χ0n) is 20.9. The molecule has 0 N–H and O–H groups in total. The normalized spacial score (nSPS) is 24.4. The van der Waals surface area contributed by atoms with E-state index in [0.717, 1.165) is 56.6 Å². The van der Waals surface area contributed by atoms with E-state index in [1.54, 1.807) is 13.0 Å². The number of piperazine rings is 1. The van der Waals surface area contributed by atoms with Gasteiger partial charge in [0.25, 0.3) is 0 Å². The minimum absolute atomic E-state index is 0.125. The van der Waals surface area contributed by atoms with Crippen LogP contribution < -0.4 is 9.75 Å². The lowest BCUT2D eigenvalue weighted by Crippen LogP contribution is -2.54. The van der Waals surface area contributed by atoms with Gasteiger partial charge in [-0.1, -0.05) is 30.3 Å². The Hall–Kier alpha value is -3.26. The van der Waals surface area contributed by atoms with Crippen molar-refractivity contribution in [2.24, 2.45) is 5.10 Å². The minimum atomic E-state index is -0.540. The van der Waals surface area contributed by atoms with Crippen molar-refractivity contribution in [2.45, 2.75) is 50.6 Å². The Morgan fingerprint density at radius 3 is 2.64 bits per heavy atom. The monoisotopic (exact) mass is 492 g/mol. The van der Waals surface area contributed by atoms with Gasteiger partial charge in [-0.3, -0.25) is 14.7 Å². The number of aldehydes is 1. The molecule has 2 unspecified atom stereocenters. The molecule has 7 nitrogen and oxygen atoms in total. The van der Waals surface area contributed by atoms with Gasteiger partial charge in [-0.2, -0.15) is 5.10 Å². The third-order valence-electron chi connectivity index (χ3n) is 8.08. The lowest BCUT2D eigenvalue weighted by molar-refractivity contribution is -0.130. The van der Waals surface area contributed by atoms with E-state index in [-0.39, 0.29) is 24.2 Å². The van der Waals surface area contributed by atoms with Crippen LogP contribution in [0.2, 0.25) is 0 Å². The van der Waals surface area contributed by atoms with Crippen molar-refractivity contribution < 1.29 is 18.7 Å². The highest BCUT2D eigenvalue weighted by Crippen LogP contribution is 2.49. The number of anilines is 1. The first-order chi connectivity index (χ1) is 17.4. The van der Waals surface area contributed by atoms with Gasteiger partial charge in [0, 0.05) is 51.6 Å². The molecular formula is C28H33FN4O3. The predicted molar refractivity (Wildman–Crippen MR) is 137 cm³/mol. The van der Waals surface area contributed by atoms with E-state index in [4.69, 9.17) is 9.84 Å². The molecule has 0 saturated carbocycles. The second kappa shape index (κ2) is 10.0. The van der Waals surface area contributed by atoms with Crippen molar-refractivity contribution in [1.82, 2.24) is 9.80 Å². The standard InChI is InChI=1S/C28H33FN4O3/c1-20(31-13-15-32(16-14-31)21(2)35)10-12-28(22-6-4-3-5-7-22)26(11-17-34)30-33-24-18-23(29)8-9-25(24)36-19-27(28)33/h3-9,17-18,20,27H,10-16,19H2,1-2H3/t20?,27?,28-/m0/s1. The van der Waals surface area contributed by atoms with E-state index < -0.39 is 5.41 Å². The second-order valence-electron chi connectivity index (χ2n) is 9.97. The summed E-state index contributed by atoms with van der Waals surface area (Å²) in [6.07, 6.45) is 2.77. The molecule has 0 aliphatic carbocycles. The lowest BCUT2D eigenvalue weighted by Gasteiger charge is -2.43. The summed E-state index contributed by atoms with van der Waals surface area (Å²) in [4.78, 5) is 27.9. The van der Waals surface area contributed by atoms with Gasteiger partial charge in [-0.05, 0) is 37.5 Å². The van der Waals surface area contributed by atoms with E-state index in [1.165, 1.54) is 12.1 Å². The first kappa shape index (κ1) is 24.4. The maximum Gasteiger partial charge on any atom is 0.219 e. The molecule has 3 aliphatic rings. The molecule has 0 spiro atoms. The largest absolute Gasteiger partial charge is 0.489 e. The molecule has 1 saturated heterocycles. The number of ether oxygens (including phenoxy) is 1. The molecule has 1 amide bonds. The van der Waals surface area contributed by atoms with Crippen molar-refractivity contribution in [3.8, 4) is 5.75 Å². The number of halogens is 1. The molecule has 1 fully saturated rings. The van der Waals surface area contributed by atoms with E-state index in [9.17, 15) is 14.0 Å². The quantitative estimate of drug-likeness (QED) is 0.553. The molecule has 3 aliphatic heterocycles. The smallest absolute Gasteiger partial charge is 0.219 e. The van der Waals surface area contributed by atoms with Gasteiger partial charge in [0.05, 0.1) is 11.1 Å². The number of fused-ring (bicyclic) bond motifs is 3. The third kappa shape index (κ3) is 4.28. The van der Waals surface area contributed by atoms with Crippen molar-refractivity contribution >= 4 is 23.6 Å². The molecule has 0 radical (unpaired) electrons. The van der Waals surface area contributed by atoms with Gasteiger partial charge in [0.15, 0.2) is 0 Å². The Kier molecular flexibility index (Phi) is 6.79. The number of carbonyl (C=O) groups is 2. The van der Waals surface area contributed by atoms with Gasteiger partial charge in [-0.25, -0.2) is 4.39 Å². The van der Waals surface area contributed by atoms with E-state index in [0.29, 0.717) is 24.1 Å². The van der Waals surface area contributed by atoms with E-state index >= 15 is 0 Å². The Labute approximate surface area is 211 Å². The second-order valence-corrected chi connectivity index (χ2v) is 9.97. The van der Waals surface area contributed by atoms with Crippen LogP contribution in [0.4, 0.5) is 10.1 Å². The maximum absolute atomic E-state index is 14.2. The number of hydrogen-bond acceptors (Lipinski definition) is 6. The summed E-state index contributed by atoms with van der Waals surface area (Å²) in [7, 11) is 0. The average molecular weight is 493 g/mol. The lowest BCUT2D eigenvalue weighted by atomic mass is 9.67. The van der Waals surface area contributed by atoms with Crippen molar-refractivity contribution in [2.75, 3.05) is 37.8 Å². The Bertz CT molecular complexity index is 1150. The molecule has 8 heteroatoms. The summed E-state index contributed by atoms with van der Waals surface area (Å²) in [5, 5.41) is 6.83. The van der Waals surface area contributed by atoms with Gasteiger partial charge in [0.1, 0.15) is 36.2 Å². The molecule has 3 heterocycles. The van der Waals surface area contributed by atoms with E-state index in [1.807, 2.05) is 28.1 Å². The zero-order chi connectivity index (χ0) is 25.3. The van der Waals surface area contributed by atoms with Crippen molar-refractivity contribution in [1.29, 1.82) is 0 Å². The fourth-order valence-electron chi connectivity index (χ4n) is 6.03. The highest BCUT2D eigenvalue weighted by Gasteiger charge is 2.54. The molecule has 2 aromatic carbocycles. The Morgan fingerprint density at radius 1 is 1.19 bits per heavy atom. The number of rotatable bonds is 7. The number of nitrogens with zero attached hydrogens (tertiary/aromatic N) is 4. The number of benzene rings is 2. The fourth-order valence-corrected chi connectivity index (χ4v) is 6.03. The number of hydrazone groups is 1. The molecular weight excluding hydrogens is 459 g/mol. The van der Waals surface area contributed by atoms with Gasteiger partial charge in [0.2, 0.25) is 5.91 Å². The predicted octanol–water partition coefficient (Wildman–Crippen LogP) is 3.62. The molecule has 190 valence electrons. The molecule has 0 bridgehead atoms. The van der Waals surface area contributed by atoms with Crippen LogP contribution in [0.25, 0.3) is 0 Å². The topological polar surface area (TPSA) is 65.5 Å². The van der Waals surface area contributed by atoms with Crippen LogP contribution in [0, 0.1) is 5.82 Å². The van der Waals surface area contributed by atoms with Crippen LogP contribution in [0.1, 0.15) is 38.7 Å². The Morgan fingerprint density at radius 2 is 1.94 bits per heavy atom. The number of carbonyl (C=O) groups excluding carboxylic acids is 2. The first-order valence-electron chi connectivity index (χ1n) is 12.7. The summed E-state index contributed by atoms with van der Waals surface area (Å²) in [6.45, 7) is 7.43. The third-order valence-corrected chi connectivity index (χ3v) is 8.08. The fraction of sp³-hybridized carbons (Fsp3) is 0.464. The maximum atomic E-state index is 14.2. The van der Waals surface area contributed by atoms with Crippen LogP contribution in [0.5, 0.6) is 5.75 Å². The summed E-state index contributed by atoms with van der Waals surface area (Å²) in [5.41, 5.74) is 1.95. The van der Waals surface area contributed by atoms with E-state index in [2.05, 4.69) is 24.0 Å². The number of amides is 1. The van der Waals surface area contributed by atoms with Crippen molar-refractivity contribution in [3.63, 3.8) is 0 Å². The molecule has 5 rings (SSSR count). The highest BCUT2D eigenvalue weighted by molar-refractivity contribution is 6.05. The van der Waals surface area contributed by atoms with Crippen LogP contribution >= 0.6 is 0 Å². The molecule has 2 aromatic rings. The average Bonchev–Trinajstić information content (AvgIpc) is 3.22. The first-order valence-corrected chi connectivity index (χ1v) is 12.7. The zero-order valence-corrected chi connectivity index (χ0v) is 20.9. The van der Waals surface area contributed by atoms with Crippen LogP contribution in [0.15, 0.2) is 53.6 Å². The summed E-state index contributed by atoms with van der Waals surface area (Å²) in [5.74, 6) is 0.378. The molecule has 0 aromatic heterocycles. The van der Waals surface area contributed by atoms with Crippen LogP contribution in [0.3, 0.4) is 0 Å². The summed E-state index contributed by atoms with van der Waals surface area (Å²) < 4.78 is 20.4. The summed E-state index contributed by atoms with van der Waals surface area (Å²) >= 11 is 0. The summed E-state index contributed by atoms with van der Waals surface area (Å²) in [6, 6.07) is 14.8. The van der Waals surface area contributed by atoms with Gasteiger partial charge in [-0.15, -0.1) is 0 Å². The van der Waals surface area contributed by atoms with Gasteiger partial charge >= 0.3 is 0 Å². The highest BCUT2D eigenvalue weighted by atomic mass is 19.1. The SMILES string of the molecule is CC(=O)N1CCN(C(C)CC[C@]2(c3ccccc3)C(CC=O)=NN3c4cc(F)ccc4OCC32)CC1. The van der Waals surface area contributed by atoms with Crippen LogP contribution in [-0.4, -0.2) is 72.6 Å². The molecule has 36 heavy (non-hydrogen) atoms. The number of hydrogen-bond donors (Lipinski definition) is 0.